The van der Waals surface area contributed by atoms with E-state index in [1.165, 1.54) is 49.6 Å². The molecule has 0 fully saturated rings. The molecule has 0 aliphatic rings. The Morgan fingerprint density at radius 2 is 1.69 bits per heavy atom. The summed E-state index contributed by atoms with van der Waals surface area (Å²) in [5.41, 5.74) is -1.90. The molecule has 0 saturated heterocycles. The number of sulfone groups is 1. The molecule has 3 aromatic rings. The molecule has 0 N–H and O–H groups in total. The Kier molecular flexibility index (Phi) is 7.12. The van der Waals surface area contributed by atoms with Crippen molar-refractivity contribution >= 4 is 21.6 Å². The minimum absolute atomic E-state index is 0.0117. The topological polar surface area (TPSA) is 120 Å². The Bertz CT molecular complexity index is 1450. The lowest BCUT2D eigenvalue weighted by Gasteiger charge is -2.13. The number of nitro benzene ring substituents is 1. The van der Waals surface area contributed by atoms with Gasteiger partial charge in [-0.3, -0.25) is 10.1 Å². The first kappa shape index (κ1) is 25.3. The van der Waals surface area contributed by atoms with Gasteiger partial charge in [-0.2, -0.15) is 18.4 Å². The molecule has 0 radical (unpaired) electrons. The molecule has 0 atom stereocenters. The van der Waals surface area contributed by atoms with Gasteiger partial charge < -0.3 is 9.47 Å². The van der Waals surface area contributed by atoms with Crippen molar-refractivity contribution in [2.45, 2.75) is 11.1 Å². The fourth-order valence-corrected chi connectivity index (χ4v) is 4.13. The van der Waals surface area contributed by atoms with Gasteiger partial charge in [0.15, 0.2) is 11.5 Å². The SMILES string of the molecule is COc1cc(C=C(C#N)S(=O)(=O)c2ccccc2)ccc1Oc1ccc(C(F)(F)F)cc1[N+](=O)[O-]. The first-order valence-electron chi connectivity index (χ1n) is 9.61. The Morgan fingerprint density at radius 1 is 1.03 bits per heavy atom. The highest BCUT2D eigenvalue weighted by Crippen LogP contribution is 2.40. The van der Waals surface area contributed by atoms with Gasteiger partial charge in [0, 0.05) is 6.07 Å². The lowest BCUT2D eigenvalue weighted by atomic mass is 10.1. The third kappa shape index (κ3) is 5.59. The van der Waals surface area contributed by atoms with Gasteiger partial charge in [0.05, 0.1) is 22.5 Å². The van der Waals surface area contributed by atoms with Gasteiger partial charge in [0.25, 0.3) is 0 Å². The molecule has 0 spiro atoms. The van der Waals surface area contributed by atoms with E-state index in [1.54, 1.807) is 12.1 Å². The van der Waals surface area contributed by atoms with E-state index in [0.717, 1.165) is 12.1 Å². The van der Waals surface area contributed by atoms with Gasteiger partial charge in [0.2, 0.25) is 15.6 Å². The van der Waals surface area contributed by atoms with Crippen LogP contribution in [-0.2, 0) is 16.0 Å². The fourth-order valence-electron chi connectivity index (χ4n) is 2.95. The Hall–Kier alpha value is -4.37. The van der Waals surface area contributed by atoms with E-state index in [2.05, 4.69) is 0 Å². The van der Waals surface area contributed by atoms with Crippen LogP contribution in [0, 0.1) is 21.4 Å². The number of nitro groups is 1. The van der Waals surface area contributed by atoms with Gasteiger partial charge in [-0.05, 0) is 48.0 Å². The van der Waals surface area contributed by atoms with Gasteiger partial charge in [0.1, 0.15) is 11.0 Å². The summed E-state index contributed by atoms with van der Waals surface area (Å²) in [6.07, 6.45) is -3.68. The zero-order chi connectivity index (χ0) is 25.8. The number of ether oxygens (including phenoxy) is 2. The molecule has 12 heteroatoms. The number of allylic oxidation sites excluding steroid dienone is 1. The third-order valence-corrected chi connectivity index (χ3v) is 6.32. The summed E-state index contributed by atoms with van der Waals surface area (Å²) in [5, 5.41) is 20.7. The van der Waals surface area contributed by atoms with Crippen LogP contribution in [0.3, 0.4) is 0 Å². The van der Waals surface area contributed by atoms with E-state index >= 15 is 0 Å². The van der Waals surface area contributed by atoms with Crippen molar-refractivity contribution in [3.05, 3.63) is 92.9 Å². The second-order valence-electron chi connectivity index (χ2n) is 6.89. The van der Waals surface area contributed by atoms with E-state index < -0.39 is 42.8 Å². The van der Waals surface area contributed by atoms with Crippen LogP contribution < -0.4 is 9.47 Å². The molecule has 3 aromatic carbocycles. The quantitative estimate of drug-likeness (QED) is 0.228. The molecule has 0 aliphatic heterocycles. The molecule has 8 nitrogen and oxygen atoms in total. The van der Waals surface area contributed by atoms with Crippen molar-refractivity contribution in [2.24, 2.45) is 0 Å². The lowest BCUT2D eigenvalue weighted by molar-refractivity contribution is -0.385. The zero-order valence-electron chi connectivity index (χ0n) is 17.8. The first-order chi connectivity index (χ1) is 16.5. The van der Waals surface area contributed by atoms with Crippen molar-refractivity contribution < 1.29 is 36.0 Å². The van der Waals surface area contributed by atoms with Crippen molar-refractivity contribution in [3.63, 3.8) is 0 Å². The summed E-state index contributed by atoms with van der Waals surface area (Å²) in [6.45, 7) is 0. The van der Waals surface area contributed by atoms with E-state index in [9.17, 15) is 37.0 Å². The van der Waals surface area contributed by atoms with E-state index in [0.29, 0.717) is 12.1 Å². The van der Waals surface area contributed by atoms with Crippen LogP contribution in [-0.4, -0.2) is 20.5 Å². The van der Waals surface area contributed by atoms with E-state index in [1.807, 2.05) is 0 Å². The summed E-state index contributed by atoms with van der Waals surface area (Å²) in [4.78, 5) is 9.67. The molecule has 35 heavy (non-hydrogen) atoms. The average molecular weight is 504 g/mol. The van der Waals surface area contributed by atoms with Crippen LogP contribution in [0.4, 0.5) is 18.9 Å². The number of hydrogen-bond donors (Lipinski definition) is 0. The monoisotopic (exact) mass is 504 g/mol. The van der Waals surface area contributed by atoms with Gasteiger partial charge in [-0.25, -0.2) is 8.42 Å². The molecular formula is C23H15F3N2O6S. The highest BCUT2D eigenvalue weighted by atomic mass is 32.2. The second-order valence-corrected chi connectivity index (χ2v) is 8.80. The molecule has 0 aliphatic carbocycles. The summed E-state index contributed by atoms with van der Waals surface area (Å²) in [7, 11) is -2.86. The normalized spacial score (nSPS) is 12.0. The summed E-state index contributed by atoms with van der Waals surface area (Å²) < 4.78 is 74.9. The third-order valence-electron chi connectivity index (χ3n) is 4.64. The number of benzene rings is 3. The van der Waals surface area contributed by atoms with Gasteiger partial charge >= 0.3 is 11.9 Å². The minimum atomic E-state index is -4.78. The molecule has 0 heterocycles. The predicted molar refractivity (Wildman–Crippen MR) is 118 cm³/mol. The predicted octanol–water partition coefficient (Wildman–Crippen LogP) is 5.75. The van der Waals surface area contributed by atoms with Crippen LogP contribution in [0.15, 0.2) is 76.5 Å². The van der Waals surface area contributed by atoms with Crippen molar-refractivity contribution in [1.82, 2.24) is 0 Å². The molecule has 0 saturated carbocycles. The van der Waals surface area contributed by atoms with Crippen LogP contribution in [0.1, 0.15) is 11.1 Å². The first-order valence-corrected chi connectivity index (χ1v) is 11.1. The van der Waals surface area contributed by atoms with Crippen LogP contribution >= 0.6 is 0 Å². The average Bonchev–Trinajstić information content (AvgIpc) is 2.83. The second kappa shape index (κ2) is 9.86. The van der Waals surface area contributed by atoms with Crippen molar-refractivity contribution in [1.29, 1.82) is 5.26 Å². The number of halogens is 3. The molecule has 0 amide bonds. The Labute approximate surface area is 197 Å². The maximum Gasteiger partial charge on any atom is 0.416 e. The van der Waals surface area contributed by atoms with E-state index in [4.69, 9.17) is 9.47 Å². The molecule has 0 aromatic heterocycles. The molecule has 0 unspecified atom stereocenters. The minimum Gasteiger partial charge on any atom is -0.493 e. The van der Waals surface area contributed by atoms with Gasteiger partial charge in [-0.15, -0.1) is 0 Å². The maximum atomic E-state index is 12.9. The number of rotatable bonds is 7. The molecule has 3 rings (SSSR count). The number of methoxy groups -OCH3 is 1. The highest BCUT2D eigenvalue weighted by Gasteiger charge is 2.33. The molecule has 0 bridgehead atoms. The highest BCUT2D eigenvalue weighted by molar-refractivity contribution is 7.95. The lowest BCUT2D eigenvalue weighted by Crippen LogP contribution is -2.06. The van der Waals surface area contributed by atoms with Crippen molar-refractivity contribution in [2.75, 3.05) is 7.11 Å². The van der Waals surface area contributed by atoms with Gasteiger partial charge in [-0.1, -0.05) is 24.3 Å². The standard InChI is InChI=1S/C23H15F3N2O6S/c1-33-22-12-15(11-18(14-27)35(31,32)17-5-3-2-4-6-17)7-9-21(22)34-20-10-8-16(23(24,25)26)13-19(20)28(29)30/h2-13H,1H3. The fraction of sp³-hybridized carbons (Fsp3) is 0.0870. The largest absolute Gasteiger partial charge is 0.493 e. The molecular weight excluding hydrogens is 489 g/mol. The number of hydrogen-bond acceptors (Lipinski definition) is 7. The van der Waals surface area contributed by atoms with Crippen LogP contribution in [0.2, 0.25) is 0 Å². The Morgan fingerprint density at radius 3 is 2.26 bits per heavy atom. The zero-order valence-corrected chi connectivity index (χ0v) is 18.6. The number of nitrogens with zero attached hydrogens (tertiary/aromatic N) is 2. The van der Waals surface area contributed by atoms with Crippen LogP contribution in [0.25, 0.3) is 6.08 Å². The van der Waals surface area contributed by atoms with E-state index in [-0.39, 0.29) is 22.0 Å². The van der Waals surface area contributed by atoms with Crippen LogP contribution in [0.5, 0.6) is 17.2 Å². The maximum absolute atomic E-state index is 12.9. The molecule has 180 valence electrons. The summed E-state index contributed by atoms with van der Waals surface area (Å²) in [5.74, 6) is -0.562. The Balaban J connectivity index is 1.99. The summed E-state index contributed by atoms with van der Waals surface area (Å²) >= 11 is 0. The smallest absolute Gasteiger partial charge is 0.416 e. The number of nitriles is 1. The van der Waals surface area contributed by atoms with Crippen molar-refractivity contribution in [3.8, 4) is 23.3 Å². The summed E-state index contributed by atoms with van der Waals surface area (Å²) in [6, 6.07) is 14.7. The number of alkyl halides is 3.